The number of benzene rings is 1. The average molecular weight is 272 g/mol. The monoisotopic (exact) mass is 272 g/mol. The molecule has 106 valence electrons. The highest BCUT2D eigenvalue weighted by Gasteiger charge is 2.12. The highest BCUT2D eigenvalue weighted by atomic mass is 16.3. The molecule has 0 aliphatic heterocycles. The molecule has 2 rings (SSSR count). The molecule has 1 heterocycles. The van der Waals surface area contributed by atoms with Crippen molar-refractivity contribution in [1.29, 1.82) is 5.26 Å². The van der Waals surface area contributed by atoms with Crippen molar-refractivity contribution >= 4 is 11.0 Å². The van der Waals surface area contributed by atoms with E-state index in [4.69, 9.17) is 10.4 Å². The maximum atomic E-state index is 9.01. The van der Waals surface area contributed by atoms with Gasteiger partial charge in [-0.15, -0.1) is 0 Å². The Morgan fingerprint density at radius 1 is 1.45 bits per heavy atom. The van der Waals surface area contributed by atoms with Gasteiger partial charge in [-0.2, -0.15) is 5.26 Å². The van der Waals surface area contributed by atoms with Crippen molar-refractivity contribution in [2.75, 3.05) is 20.2 Å². The van der Waals surface area contributed by atoms with Crippen LogP contribution in [0.4, 0.5) is 0 Å². The Hall–Kier alpha value is -1.90. The lowest BCUT2D eigenvalue weighted by Crippen LogP contribution is -2.23. The number of hydrogen-bond acceptors (Lipinski definition) is 4. The van der Waals surface area contributed by atoms with E-state index in [1.54, 1.807) is 0 Å². The van der Waals surface area contributed by atoms with E-state index in [0.29, 0.717) is 19.6 Å². The molecule has 0 fully saturated rings. The average Bonchev–Trinajstić information content (AvgIpc) is 2.76. The minimum Gasteiger partial charge on any atom is -0.395 e. The molecule has 2 aromatic rings. The molecule has 0 saturated heterocycles. The summed E-state index contributed by atoms with van der Waals surface area (Å²) in [6, 6.07) is 8.39. The lowest BCUT2D eigenvalue weighted by molar-refractivity contribution is 0.213. The molecule has 0 saturated carbocycles. The lowest BCUT2D eigenvalue weighted by Gasteiger charge is -2.14. The Labute approximate surface area is 119 Å². The third-order valence-electron chi connectivity index (χ3n) is 3.42. The van der Waals surface area contributed by atoms with Gasteiger partial charge in [-0.3, -0.25) is 4.90 Å². The summed E-state index contributed by atoms with van der Waals surface area (Å²) in [7, 11) is 1.93. The standard InChI is InChI=1S/C15H20N4O/c1-3-12-4-5-14-13(10-12)17-15(19(14)7-6-16)11-18(2)8-9-20/h4-5,10,20H,3,7-9,11H2,1-2H3. The number of fused-ring (bicyclic) bond motifs is 1. The summed E-state index contributed by atoms with van der Waals surface area (Å²) >= 11 is 0. The number of nitriles is 1. The number of aliphatic hydroxyl groups is 1. The molecule has 1 aromatic heterocycles. The zero-order valence-corrected chi connectivity index (χ0v) is 12.0. The van der Waals surface area contributed by atoms with Gasteiger partial charge in [0.1, 0.15) is 12.4 Å². The first-order valence-corrected chi connectivity index (χ1v) is 6.84. The number of aryl methyl sites for hydroxylation is 1. The Balaban J connectivity index is 2.41. The second-order valence-electron chi connectivity index (χ2n) is 4.91. The minimum absolute atomic E-state index is 0.120. The van der Waals surface area contributed by atoms with Gasteiger partial charge >= 0.3 is 0 Å². The van der Waals surface area contributed by atoms with Crippen molar-refractivity contribution in [2.45, 2.75) is 26.4 Å². The Morgan fingerprint density at radius 2 is 2.25 bits per heavy atom. The van der Waals surface area contributed by atoms with Gasteiger partial charge in [0.25, 0.3) is 0 Å². The second-order valence-corrected chi connectivity index (χ2v) is 4.91. The molecule has 0 spiro atoms. The number of aliphatic hydroxyl groups excluding tert-OH is 1. The van der Waals surface area contributed by atoms with Crippen LogP contribution in [0.3, 0.4) is 0 Å². The van der Waals surface area contributed by atoms with E-state index in [2.05, 4.69) is 30.1 Å². The summed E-state index contributed by atoms with van der Waals surface area (Å²) in [5.41, 5.74) is 3.18. The van der Waals surface area contributed by atoms with Crippen molar-refractivity contribution in [2.24, 2.45) is 0 Å². The molecule has 0 amide bonds. The van der Waals surface area contributed by atoms with Crippen molar-refractivity contribution in [3.05, 3.63) is 29.6 Å². The summed E-state index contributed by atoms with van der Waals surface area (Å²) in [6.07, 6.45) is 0.973. The summed E-state index contributed by atoms with van der Waals surface area (Å²) in [6.45, 7) is 3.75. The second kappa shape index (κ2) is 6.51. The molecule has 0 aliphatic carbocycles. The maximum absolute atomic E-state index is 9.01. The van der Waals surface area contributed by atoms with E-state index in [-0.39, 0.29) is 6.61 Å². The third kappa shape index (κ3) is 2.98. The van der Waals surface area contributed by atoms with E-state index < -0.39 is 0 Å². The normalized spacial score (nSPS) is 11.2. The van der Waals surface area contributed by atoms with Crippen molar-refractivity contribution in [3.8, 4) is 6.07 Å². The largest absolute Gasteiger partial charge is 0.395 e. The van der Waals surface area contributed by atoms with Gasteiger partial charge in [-0.25, -0.2) is 4.98 Å². The number of hydrogen-bond donors (Lipinski definition) is 1. The zero-order valence-electron chi connectivity index (χ0n) is 12.0. The molecule has 1 N–H and O–H groups in total. The predicted molar refractivity (Wildman–Crippen MR) is 78.1 cm³/mol. The van der Waals surface area contributed by atoms with E-state index in [0.717, 1.165) is 23.3 Å². The number of nitrogens with zero attached hydrogens (tertiary/aromatic N) is 4. The van der Waals surface area contributed by atoms with Crippen LogP contribution < -0.4 is 0 Å². The highest BCUT2D eigenvalue weighted by Crippen LogP contribution is 2.19. The van der Waals surface area contributed by atoms with Gasteiger partial charge in [-0.1, -0.05) is 13.0 Å². The summed E-state index contributed by atoms with van der Waals surface area (Å²) in [5.74, 6) is 0.866. The molecule has 0 aliphatic rings. The number of imidazole rings is 1. The fraction of sp³-hybridized carbons (Fsp3) is 0.467. The quantitative estimate of drug-likeness (QED) is 0.866. The van der Waals surface area contributed by atoms with Crippen molar-refractivity contribution < 1.29 is 5.11 Å². The van der Waals surface area contributed by atoms with Gasteiger partial charge in [-0.05, 0) is 31.2 Å². The van der Waals surface area contributed by atoms with E-state index >= 15 is 0 Å². The zero-order chi connectivity index (χ0) is 14.5. The fourth-order valence-electron chi connectivity index (χ4n) is 2.30. The van der Waals surface area contributed by atoms with Crippen LogP contribution in [-0.2, 0) is 19.5 Å². The number of rotatable bonds is 6. The van der Waals surface area contributed by atoms with Gasteiger partial charge < -0.3 is 9.67 Å². The first-order chi connectivity index (χ1) is 9.69. The van der Waals surface area contributed by atoms with Crippen LogP contribution in [0.2, 0.25) is 0 Å². The van der Waals surface area contributed by atoms with Crippen LogP contribution in [0.25, 0.3) is 11.0 Å². The molecule has 0 atom stereocenters. The summed E-state index contributed by atoms with van der Waals surface area (Å²) in [5, 5.41) is 18.0. The first-order valence-electron chi connectivity index (χ1n) is 6.84. The van der Waals surface area contributed by atoms with Crippen LogP contribution in [0.1, 0.15) is 18.3 Å². The maximum Gasteiger partial charge on any atom is 0.125 e. The molecule has 20 heavy (non-hydrogen) atoms. The smallest absolute Gasteiger partial charge is 0.125 e. The van der Waals surface area contributed by atoms with Crippen LogP contribution in [0.5, 0.6) is 0 Å². The van der Waals surface area contributed by atoms with E-state index in [9.17, 15) is 0 Å². The lowest BCUT2D eigenvalue weighted by atomic mass is 10.1. The summed E-state index contributed by atoms with van der Waals surface area (Å²) < 4.78 is 1.95. The predicted octanol–water partition coefficient (Wildman–Crippen LogP) is 1.55. The Kier molecular flexibility index (Phi) is 4.72. The molecule has 5 heteroatoms. The molecule has 0 unspecified atom stereocenters. The molecule has 0 bridgehead atoms. The van der Waals surface area contributed by atoms with Crippen molar-refractivity contribution in [1.82, 2.24) is 14.5 Å². The first kappa shape index (κ1) is 14.5. The molecule has 0 radical (unpaired) electrons. The van der Waals surface area contributed by atoms with Gasteiger partial charge in [0.2, 0.25) is 0 Å². The third-order valence-corrected chi connectivity index (χ3v) is 3.42. The summed E-state index contributed by atoms with van der Waals surface area (Å²) in [4.78, 5) is 6.65. The minimum atomic E-state index is 0.120. The van der Waals surface area contributed by atoms with E-state index in [1.165, 1.54) is 5.56 Å². The van der Waals surface area contributed by atoms with Crippen LogP contribution in [0, 0.1) is 11.3 Å². The SMILES string of the molecule is CCc1ccc2c(c1)nc(CN(C)CCO)n2CC#N. The number of likely N-dealkylation sites (N-methyl/N-ethyl adjacent to an activating group) is 1. The van der Waals surface area contributed by atoms with Crippen molar-refractivity contribution in [3.63, 3.8) is 0 Å². The highest BCUT2D eigenvalue weighted by molar-refractivity contribution is 5.77. The fourth-order valence-corrected chi connectivity index (χ4v) is 2.30. The van der Waals surface area contributed by atoms with Crippen LogP contribution in [-0.4, -0.2) is 39.8 Å². The van der Waals surface area contributed by atoms with Crippen LogP contribution in [0.15, 0.2) is 18.2 Å². The Bertz CT molecular complexity index is 627. The Morgan fingerprint density at radius 3 is 2.90 bits per heavy atom. The van der Waals surface area contributed by atoms with Gasteiger partial charge in [0.15, 0.2) is 0 Å². The van der Waals surface area contributed by atoms with Gasteiger partial charge in [0.05, 0.1) is 30.3 Å². The van der Waals surface area contributed by atoms with Gasteiger partial charge in [0, 0.05) is 6.54 Å². The molecule has 1 aromatic carbocycles. The molecule has 5 nitrogen and oxygen atoms in total. The molecular weight excluding hydrogens is 252 g/mol. The molecular formula is C15H20N4O. The number of aromatic nitrogens is 2. The van der Waals surface area contributed by atoms with Crippen LogP contribution >= 0.6 is 0 Å². The van der Waals surface area contributed by atoms with E-state index in [1.807, 2.05) is 22.6 Å². The topological polar surface area (TPSA) is 65.1 Å².